The average Bonchev–Trinajstić information content (AvgIpc) is 2.98. The van der Waals surface area contributed by atoms with Gasteiger partial charge in [-0.15, -0.1) is 0 Å². The van der Waals surface area contributed by atoms with Crippen molar-refractivity contribution in [2.45, 2.75) is 30.3 Å². The number of nitrogens with zero attached hydrogens (tertiary/aromatic N) is 1. The topological polar surface area (TPSA) is 84.3 Å². The van der Waals surface area contributed by atoms with Crippen LogP contribution in [-0.2, 0) is 26.8 Å². The smallest absolute Gasteiger partial charge is 0.309 e. The maximum absolute atomic E-state index is 11.7. The number of pyridine rings is 1. The Morgan fingerprint density at radius 3 is 2.59 bits per heavy atom. The first-order valence-electron chi connectivity index (χ1n) is 5.35. The molecule has 92 valence electrons. The lowest BCUT2D eigenvalue weighted by atomic mass is 10.2. The van der Waals surface area contributed by atoms with E-state index in [4.69, 9.17) is 5.11 Å². The lowest BCUT2D eigenvalue weighted by Crippen LogP contribution is -2.12. The summed E-state index contributed by atoms with van der Waals surface area (Å²) in [7, 11) is -3.10. The molecule has 1 N–H and O–H groups in total. The van der Waals surface area contributed by atoms with Crippen molar-refractivity contribution in [1.29, 1.82) is 0 Å². The fourth-order valence-corrected chi connectivity index (χ4v) is 3.28. The molecule has 0 spiro atoms. The number of sulfone groups is 1. The van der Waals surface area contributed by atoms with Crippen LogP contribution in [0.1, 0.15) is 24.2 Å². The molecule has 2 rings (SSSR count). The van der Waals surface area contributed by atoms with Crippen molar-refractivity contribution in [3.05, 3.63) is 29.6 Å². The van der Waals surface area contributed by atoms with Crippen molar-refractivity contribution in [3.63, 3.8) is 0 Å². The van der Waals surface area contributed by atoms with E-state index in [0.717, 1.165) is 12.8 Å². The summed E-state index contributed by atoms with van der Waals surface area (Å²) in [6.45, 7) is 0. The third kappa shape index (κ3) is 3.26. The Balaban J connectivity index is 2.13. The largest absolute Gasteiger partial charge is 0.481 e. The van der Waals surface area contributed by atoms with Gasteiger partial charge < -0.3 is 5.11 Å². The SMILES string of the molecule is O=C(O)Cc1cccc(CS(=O)(=O)C2CC2)n1. The van der Waals surface area contributed by atoms with E-state index >= 15 is 0 Å². The number of carboxylic acids is 1. The molecule has 1 heterocycles. The molecule has 1 aromatic heterocycles. The maximum atomic E-state index is 11.7. The lowest BCUT2D eigenvalue weighted by molar-refractivity contribution is -0.136. The van der Waals surface area contributed by atoms with Crippen molar-refractivity contribution in [2.24, 2.45) is 0 Å². The fraction of sp³-hybridized carbons (Fsp3) is 0.455. The van der Waals surface area contributed by atoms with Crippen LogP contribution in [0.2, 0.25) is 0 Å². The van der Waals surface area contributed by atoms with Crippen molar-refractivity contribution in [3.8, 4) is 0 Å². The molecule has 1 aromatic rings. The Morgan fingerprint density at radius 1 is 1.35 bits per heavy atom. The number of rotatable bonds is 5. The van der Waals surface area contributed by atoms with Gasteiger partial charge in [-0.3, -0.25) is 9.78 Å². The van der Waals surface area contributed by atoms with Crippen LogP contribution in [0.3, 0.4) is 0 Å². The molecule has 0 saturated heterocycles. The minimum atomic E-state index is -3.10. The summed E-state index contributed by atoms with van der Waals surface area (Å²) in [4.78, 5) is 14.6. The second-order valence-corrected chi connectivity index (χ2v) is 6.48. The molecule has 1 aliphatic carbocycles. The molecule has 0 aliphatic heterocycles. The second-order valence-electron chi connectivity index (χ2n) is 4.20. The molecule has 0 radical (unpaired) electrons. The molecule has 6 heteroatoms. The van der Waals surface area contributed by atoms with Gasteiger partial charge in [0.15, 0.2) is 9.84 Å². The van der Waals surface area contributed by atoms with Crippen LogP contribution >= 0.6 is 0 Å². The van der Waals surface area contributed by atoms with E-state index in [1.54, 1.807) is 18.2 Å². The molecular formula is C11H13NO4S. The monoisotopic (exact) mass is 255 g/mol. The summed E-state index contributed by atoms with van der Waals surface area (Å²) in [6.07, 6.45) is 1.28. The van der Waals surface area contributed by atoms with Gasteiger partial charge in [-0.05, 0) is 25.0 Å². The van der Waals surface area contributed by atoms with Crippen LogP contribution < -0.4 is 0 Å². The van der Waals surface area contributed by atoms with Crippen molar-refractivity contribution in [1.82, 2.24) is 4.98 Å². The molecule has 5 nitrogen and oxygen atoms in total. The highest BCUT2D eigenvalue weighted by molar-refractivity contribution is 7.91. The lowest BCUT2D eigenvalue weighted by Gasteiger charge is -2.03. The molecule has 0 aromatic carbocycles. The van der Waals surface area contributed by atoms with Gasteiger partial charge in [0, 0.05) is 0 Å². The normalized spacial score (nSPS) is 15.8. The number of carboxylic acid groups (broad SMARTS) is 1. The molecule has 1 saturated carbocycles. The number of hydrogen-bond acceptors (Lipinski definition) is 4. The first-order valence-corrected chi connectivity index (χ1v) is 7.07. The molecule has 1 aliphatic rings. The molecule has 0 amide bonds. The van der Waals surface area contributed by atoms with Crippen LogP contribution in [-0.4, -0.2) is 29.7 Å². The summed E-state index contributed by atoms with van der Waals surface area (Å²) in [5.41, 5.74) is 0.816. The van der Waals surface area contributed by atoms with Gasteiger partial charge in [-0.2, -0.15) is 0 Å². The minimum Gasteiger partial charge on any atom is -0.481 e. The summed E-state index contributed by atoms with van der Waals surface area (Å²) in [5.74, 6) is -1.06. The average molecular weight is 255 g/mol. The fourth-order valence-electron chi connectivity index (χ4n) is 1.61. The van der Waals surface area contributed by atoms with E-state index in [9.17, 15) is 13.2 Å². The summed E-state index contributed by atoms with van der Waals surface area (Å²) < 4.78 is 23.5. The van der Waals surface area contributed by atoms with Gasteiger partial charge in [0.25, 0.3) is 0 Å². The van der Waals surface area contributed by atoms with E-state index in [-0.39, 0.29) is 17.4 Å². The Kier molecular flexibility index (Phi) is 3.15. The zero-order valence-corrected chi connectivity index (χ0v) is 9.98. The highest BCUT2D eigenvalue weighted by atomic mass is 32.2. The van der Waals surface area contributed by atoms with Crippen LogP contribution in [0.15, 0.2) is 18.2 Å². The van der Waals surface area contributed by atoms with Crippen LogP contribution in [0.4, 0.5) is 0 Å². The van der Waals surface area contributed by atoms with E-state index in [1.807, 2.05) is 0 Å². The Bertz CT molecular complexity index is 534. The first-order chi connectivity index (χ1) is 7.97. The van der Waals surface area contributed by atoms with Crippen molar-refractivity contribution >= 4 is 15.8 Å². The zero-order chi connectivity index (χ0) is 12.5. The van der Waals surface area contributed by atoms with Crippen LogP contribution in [0.5, 0.6) is 0 Å². The number of carbonyl (C=O) groups is 1. The Morgan fingerprint density at radius 2 is 2.00 bits per heavy atom. The second kappa shape index (κ2) is 4.44. The van der Waals surface area contributed by atoms with Crippen molar-refractivity contribution < 1.29 is 18.3 Å². The molecule has 0 atom stereocenters. The molecule has 17 heavy (non-hydrogen) atoms. The van der Waals surface area contributed by atoms with E-state index in [0.29, 0.717) is 11.4 Å². The van der Waals surface area contributed by atoms with Gasteiger partial charge in [-0.1, -0.05) is 6.07 Å². The van der Waals surface area contributed by atoms with E-state index in [1.165, 1.54) is 0 Å². The van der Waals surface area contributed by atoms with Gasteiger partial charge in [-0.25, -0.2) is 8.42 Å². The predicted octanol–water partition coefficient (Wildman–Crippen LogP) is 0.786. The zero-order valence-electron chi connectivity index (χ0n) is 9.17. The molecular weight excluding hydrogens is 242 g/mol. The summed E-state index contributed by atoms with van der Waals surface area (Å²) in [5, 5.41) is 8.42. The number of hydrogen-bond donors (Lipinski definition) is 1. The summed E-state index contributed by atoms with van der Waals surface area (Å²) >= 11 is 0. The third-order valence-corrected chi connectivity index (χ3v) is 4.76. The van der Waals surface area contributed by atoms with Gasteiger partial charge >= 0.3 is 5.97 Å². The van der Waals surface area contributed by atoms with Gasteiger partial charge in [0.1, 0.15) is 0 Å². The van der Waals surface area contributed by atoms with E-state index in [2.05, 4.69) is 4.98 Å². The van der Waals surface area contributed by atoms with Crippen molar-refractivity contribution in [2.75, 3.05) is 0 Å². The first kappa shape index (κ1) is 12.0. The standard InChI is InChI=1S/C11H13NO4S/c13-11(14)6-8-2-1-3-9(12-8)7-17(15,16)10-4-5-10/h1-3,10H,4-7H2,(H,13,14). The maximum Gasteiger partial charge on any atom is 0.309 e. The highest BCUT2D eigenvalue weighted by Crippen LogP contribution is 2.30. The Hall–Kier alpha value is -1.43. The number of aromatic nitrogens is 1. The van der Waals surface area contributed by atoms with E-state index < -0.39 is 15.8 Å². The van der Waals surface area contributed by atoms with Gasteiger partial charge in [0.05, 0.1) is 28.8 Å². The molecule has 1 fully saturated rings. The van der Waals surface area contributed by atoms with Crippen LogP contribution in [0.25, 0.3) is 0 Å². The Labute approximate surface area is 99.4 Å². The number of aliphatic carboxylic acids is 1. The van der Waals surface area contributed by atoms with Crippen LogP contribution in [0, 0.1) is 0 Å². The van der Waals surface area contributed by atoms with Gasteiger partial charge in [0.2, 0.25) is 0 Å². The quantitative estimate of drug-likeness (QED) is 0.840. The summed E-state index contributed by atoms with van der Waals surface area (Å²) in [6, 6.07) is 4.84. The third-order valence-electron chi connectivity index (χ3n) is 2.58. The minimum absolute atomic E-state index is 0.0921. The highest BCUT2D eigenvalue weighted by Gasteiger charge is 2.35. The molecule has 0 bridgehead atoms. The predicted molar refractivity (Wildman–Crippen MR) is 61.2 cm³/mol. The molecule has 0 unspecified atom stereocenters.